The Kier molecular flexibility index (Phi) is 9.31. The van der Waals surface area contributed by atoms with Crippen LogP contribution in [0.2, 0.25) is 0 Å². The van der Waals surface area contributed by atoms with Crippen molar-refractivity contribution >= 4 is 29.8 Å². The van der Waals surface area contributed by atoms with Crippen molar-refractivity contribution in [1.82, 2.24) is 14.9 Å². The second-order valence-electron chi connectivity index (χ2n) is 8.57. The smallest absolute Gasteiger partial charge is 0.322 e. The second kappa shape index (κ2) is 12.6. The Morgan fingerprint density at radius 1 is 1.17 bits per heavy atom. The first-order chi connectivity index (χ1) is 17.0. The van der Waals surface area contributed by atoms with E-state index in [1.807, 2.05) is 43.5 Å². The lowest BCUT2D eigenvalue weighted by Crippen LogP contribution is -2.36. The number of hydrogen-bond acceptors (Lipinski definition) is 6. The van der Waals surface area contributed by atoms with E-state index < -0.39 is 0 Å². The van der Waals surface area contributed by atoms with Gasteiger partial charge in [0, 0.05) is 50.1 Å². The number of aromatic nitrogens is 1. The van der Waals surface area contributed by atoms with Gasteiger partial charge < -0.3 is 21.1 Å². The third-order valence-corrected chi connectivity index (χ3v) is 5.98. The number of benzene rings is 1. The van der Waals surface area contributed by atoms with E-state index >= 15 is 0 Å². The predicted molar refractivity (Wildman–Crippen MR) is 133 cm³/mol. The molecule has 4 rings (SSSR count). The van der Waals surface area contributed by atoms with Crippen molar-refractivity contribution in [3.05, 3.63) is 59.4 Å². The molecule has 3 heterocycles. The number of rotatable bonds is 7. The average molecular weight is 481 g/mol. The van der Waals surface area contributed by atoms with Gasteiger partial charge in [-0.2, -0.15) is 5.10 Å². The molecule has 1 unspecified atom stereocenters. The number of unbranched alkanes of at least 4 members (excludes halogenated alkanes) is 2. The summed E-state index contributed by atoms with van der Waals surface area (Å²) in [5, 5.41) is 16.1. The Morgan fingerprint density at radius 3 is 2.57 bits per heavy atom. The number of nitrogens with two attached hydrogens (primary N) is 1. The highest BCUT2D eigenvalue weighted by Gasteiger charge is 2.27. The van der Waals surface area contributed by atoms with Crippen LogP contribution in [-0.2, 0) is 22.7 Å². The van der Waals surface area contributed by atoms with Gasteiger partial charge >= 0.3 is 6.03 Å². The maximum atomic E-state index is 12.7. The van der Waals surface area contributed by atoms with Gasteiger partial charge in [0.1, 0.15) is 0 Å². The van der Waals surface area contributed by atoms with E-state index in [-0.39, 0.29) is 24.3 Å². The third kappa shape index (κ3) is 6.86. The van der Waals surface area contributed by atoms with Gasteiger partial charge in [-0.1, -0.05) is 25.5 Å². The molecule has 0 spiro atoms. The highest BCUT2D eigenvalue weighted by molar-refractivity contribution is 6.06. The number of nitrogens with one attached hydrogen (secondary N) is 1. The number of amides is 3. The average Bonchev–Trinajstić information content (AvgIpc) is 3.29. The van der Waals surface area contributed by atoms with Gasteiger partial charge in [0.25, 0.3) is 6.47 Å². The van der Waals surface area contributed by atoms with Gasteiger partial charge in [-0.15, -0.1) is 0 Å². The Morgan fingerprint density at radius 2 is 1.89 bits per heavy atom. The molecule has 3 amide bonds. The molecule has 1 atom stereocenters. The van der Waals surface area contributed by atoms with E-state index in [4.69, 9.17) is 15.6 Å². The van der Waals surface area contributed by atoms with Gasteiger partial charge in [0.05, 0.1) is 5.71 Å². The molecule has 35 heavy (non-hydrogen) atoms. The molecule has 0 saturated heterocycles. The Bertz CT molecular complexity index is 1030. The number of pyridine rings is 1. The van der Waals surface area contributed by atoms with Crippen LogP contribution in [0.1, 0.15) is 49.3 Å². The monoisotopic (exact) mass is 480 g/mol. The van der Waals surface area contributed by atoms with Crippen molar-refractivity contribution in [2.45, 2.75) is 45.7 Å². The summed E-state index contributed by atoms with van der Waals surface area (Å²) in [5.41, 5.74) is 10.4. The number of hydrazone groups is 1. The molecule has 10 nitrogen and oxygen atoms in total. The molecule has 0 bridgehead atoms. The lowest BCUT2D eigenvalue weighted by molar-refractivity contribution is -0.132. The molecule has 2 aliphatic rings. The van der Waals surface area contributed by atoms with Gasteiger partial charge in [-0.3, -0.25) is 14.6 Å². The minimum Gasteiger partial charge on any atom is -0.483 e. The van der Waals surface area contributed by atoms with E-state index in [9.17, 15) is 9.59 Å². The fraction of sp³-hybridized carbons (Fsp3) is 0.400. The van der Waals surface area contributed by atoms with Crippen LogP contribution >= 0.6 is 0 Å². The minimum atomic E-state index is -0.250. The first-order valence-electron chi connectivity index (χ1n) is 11.7. The predicted octanol–water partition coefficient (Wildman–Crippen LogP) is 3.03. The van der Waals surface area contributed by atoms with Crippen LogP contribution in [0.3, 0.4) is 0 Å². The lowest BCUT2D eigenvalue weighted by Gasteiger charge is -2.28. The summed E-state index contributed by atoms with van der Waals surface area (Å²) in [4.78, 5) is 39.3. The number of urea groups is 1. The molecule has 0 saturated carbocycles. The van der Waals surface area contributed by atoms with Gasteiger partial charge in [0.15, 0.2) is 0 Å². The topological polar surface area (TPSA) is 141 Å². The normalized spacial score (nSPS) is 16.7. The number of carboxylic acid groups (broad SMARTS) is 1. The number of fused-ring (bicyclic) bond motifs is 1. The fourth-order valence-electron chi connectivity index (χ4n) is 4.14. The molecule has 0 radical (unpaired) electrons. The molecule has 1 aromatic carbocycles. The summed E-state index contributed by atoms with van der Waals surface area (Å²) in [6.45, 7) is 4.22. The zero-order valence-corrected chi connectivity index (χ0v) is 19.9. The summed E-state index contributed by atoms with van der Waals surface area (Å²) in [6, 6.07) is 9.50. The number of carbonyl (C=O) groups excluding carboxylic acids is 2. The van der Waals surface area contributed by atoms with E-state index in [0.717, 1.165) is 47.4 Å². The summed E-state index contributed by atoms with van der Waals surface area (Å²) in [7, 11) is 0. The molecule has 2 aliphatic heterocycles. The maximum Gasteiger partial charge on any atom is 0.322 e. The van der Waals surface area contributed by atoms with Gasteiger partial charge in [0.2, 0.25) is 5.91 Å². The van der Waals surface area contributed by atoms with Crippen LogP contribution < -0.4 is 11.1 Å². The van der Waals surface area contributed by atoms with E-state index in [1.54, 1.807) is 16.1 Å². The lowest BCUT2D eigenvalue weighted by atomic mass is 9.93. The van der Waals surface area contributed by atoms with E-state index in [0.29, 0.717) is 32.6 Å². The van der Waals surface area contributed by atoms with Crippen LogP contribution in [0.15, 0.2) is 47.8 Å². The Labute approximate surface area is 204 Å². The van der Waals surface area contributed by atoms with Crippen molar-refractivity contribution < 1.29 is 19.5 Å². The zero-order chi connectivity index (χ0) is 25.2. The fourth-order valence-corrected chi connectivity index (χ4v) is 4.14. The Hall–Kier alpha value is -3.79. The first-order valence-corrected chi connectivity index (χ1v) is 11.7. The van der Waals surface area contributed by atoms with Crippen molar-refractivity contribution in [3.8, 4) is 0 Å². The quantitative estimate of drug-likeness (QED) is 0.411. The number of anilines is 1. The van der Waals surface area contributed by atoms with Crippen LogP contribution in [-0.4, -0.2) is 57.2 Å². The summed E-state index contributed by atoms with van der Waals surface area (Å²) < 4.78 is 0. The number of hydrogen-bond donors (Lipinski definition) is 3. The van der Waals surface area contributed by atoms with Crippen LogP contribution in [0.5, 0.6) is 0 Å². The molecule has 4 N–H and O–H groups in total. The summed E-state index contributed by atoms with van der Waals surface area (Å²) >= 11 is 0. The zero-order valence-electron chi connectivity index (χ0n) is 19.9. The van der Waals surface area contributed by atoms with Crippen molar-refractivity contribution in [2.24, 2.45) is 16.8 Å². The molecular formula is C25H32N6O4. The third-order valence-electron chi connectivity index (χ3n) is 5.98. The summed E-state index contributed by atoms with van der Waals surface area (Å²) in [6.07, 6.45) is 6.88. The summed E-state index contributed by atoms with van der Waals surface area (Å²) in [5.74, 6) is 0.125. The molecule has 0 fully saturated rings. The largest absolute Gasteiger partial charge is 0.483 e. The standard InChI is InChI=1S/C24H30N6O2.CH2O2/c1-17-13-22(31)30(12-4-2-3-10-25)28-23(17)18-5-7-21(8-6-18)27-24(32)29-15-19-9-11-26-14-20(19)16-29;2-1-3/h5-9,11,14,17H,2-4,10,12-13,15-16,25H2,1H3,(H,27,32);1H,(H,2,3). The van der Waals surface area contributed by atoms with Crippen molar-refractivity contribution in [2.75, 3.05) is 18.4 Å². The van der Waals surface area contributed by atoms with E-state index in [2.05, 4.69) is 15.4 Å². The van der Waals surface area contributed by atoms with Crippen LogP contribution in [0.4, 0.5) is 10.5 Å². The molecule has 10 heteroatoms. The minimum absolute atomic E-state index is 0.0555. The van der Waals surface area contributed by atoms with Crippen LogP contribution in [0, 0.1) is 5.92 Å². The molecule has 0 aliphatic carbocycles. The van der Waals surface area contributed by atoms with Crippen LogP contribution in [0.25, 0.3) is 0 Å². The number of carbonyl (C=O) groups is 3. The van der Waals surface area contributed by atoms with Gasteiger partial charge in [-0.05, 0) is 54.3 Å². The Balaban J connectivity index is 0.00000108. The maximum absolute atomic E-state index is 12.7. The highest BCUT2D eigenvalue weighted by Crippen LogP contribution is 2.24. The van der Waals surface area contributed by atoms with Gasteiger partial charge in [-0.25, -0.2) is 9.80 Å². The first kappa shape index (κ1) is 25.8. The highest BCUT2D eigenvalue weighted by atomic mass is 16.3. The molecular weight excluding hydrogens is 448 g/mol. The number of nitrogens with zero attached hydrogens (tertiary/aromatic N) is 4. The van der Waals surface area contributed by atoms with Crippen molar-refractivity contribution in [3.63, 3.8) is 0 Å². The molecule has 2 aromatic rings. The van der Waals surface area contributed by atoms with E-state index in [1.165, 1.54) is 0 Å². The second-order valence-corrected chi connectivity index (χ2v) is 8.57. The van der Waals surface area contributed by atoms with Crippen molar-refractivity contribution in [1.29, 1.82) is 0 Å². The molecule has 1 aromatic heterocycles. The SMILES string of the molecule is CC1CC(=O)N(CCCCCN)N=C1c1ccc(NC(=O)N2Cc3ccncc3C2)cc1.O=CO. The molecule has 186 valence electrons.